The number of nitrogens with zero attached hydrogens (tertiary/aromatic N) is 2. The van der Waals surface area contributed by atoms with Gasteiger partial charge in [-0.15, -0.1) is 0 Å². The van der Waals surface area contributed by atoms with E-state index in [2.05, 4.69) is 21.4 Å². The SMILES string of the molecule is NC(=NCC1=CCCCC1)/N=C(\N)Nc1ccc(C(F)(F)F)cc1. The van der Waals surface area contributed by atoms with E-state index >= 15 is 0 Å². The van der Waals surface area contributed by atoms with E-state index in [-0.39, 0.29) is 11.9 Å². The number of anilines is 1. The van der Waals surface area contributed by atoms with Crippen LogP contribution in [0.15, 0.2) is 45.9 Å². The minimum atomic E-state index is -4.37. The predicted octanol–water partition coefficient (Wildman–Crippen LogP) is 3.25. The van der Waals surface area contributed by atoms with Crippen LogP contribution in [0.3, 0.4) is 0 Å². The van der Waals surface area contributed by atoms with Crippen molar-refractivity contribution in [1.29, 1.82) is 0 Å². The molecule has 0 fully saturated rings. The monoisotopic (exact) mass is 339 g/mol. The Balaban J connectivity index is 1.93. The van der Waals surface area contributed by atoms with Crippen molar-refractivity contribution in [2.24, 2.45) is 21.5 Å². The lowest BCUT2D eigenvalue weighted by atomic mass is 10.00. The lowest BCUT2D eigenvalue weighted by Gasteiger charge is -2.10. The lowest BCUT2D eigenvalue weighted by Crippen LogP contribution is -2.26. The Morgan fingerprint density at radius 1 is 1.12 bits per heavy atom. The van der Waals surface area contributed by atoms with Gasteiger partial charge in [-0.05, 0) is 49.9 Å². The van der Waals surface area contributed by atoms with Crippen LogP contribution in [0.25, 0.3) is 0 Å². The fraction of sp³-hybridized carbons (Fsp3) is 0.375. The molecule has 5 N–H and O–H groups in total. The van der Waals surface area contributed by atoms with Crippen molar-refractivity contribution in [2.75, 3.05) is 11.9 Å². The molecule has 0 spiro atoms. The van der Waals surface area contributed by atoms with Gasteiger partial charge in [0, 0.05) is 5.69 Å². The highest BCUT2D eigenvalue weighted by molar-refractivity contribution is 6.00. The Hall–Kier alpha value is -2.51. The average Bonchev–Trinajstić information content (AvgIpc) is 2.53. The molecule has 0 saturated heterocycles. The molecule has 0 bridgehead atoms. The molecule has 5 nitrogen and oxygen atoms in total. The molecule has 1 aliphatic rings. The topological polar surface area (TPSA) is 88.8 Å². The fourth-order valence-corrected chi connectivity index (χ4v) is 2.31. The zero-order valence-electron chi connectivity index (χ0n) is 13.1. The first-order valence-electron chi connectivity index (χ1n) is 7.61. The smallest absolute Gasteiger partial charge is 0.369 e. The maximum Gasteiger partial charge on any atom is 0.416 e. The third kappa shape index (κ3) is 5.60. The Morgan fingerprint density at radius 2 is 1.83 bits per heavy atom. The summed E-state index contributed by atoms with van der Waals surface area (Å²) in [5, 5.41) is 2.67. The number of rotatable bonds is 3. The Labute approximate surface area is 138 Å². The normalized spacial score (nSPS) is 16.7. The highest BCUT2D eigenvalue weighted by Crippen LogP contribution is 2.29. The van der Waals surface area contributed by atoms with E-state index in [1.54, 1.807) is 0 Å². The van der Waals surface area contributed by atoms with E-state index in [0.29, 0.717) is 12.2 Å². The molecule has 24 heavy (non-hydrogen) atoms. The molecule has 130 valence electrons. The van der Waals surface area contributed by atoms with Crippen molar-refractivity contribution in [3.8, 4) is 0 Å². The molecule has 2 rings (SSSR count). The molecule has 0 radical (unpaired) electrons. The number of nitrogens with two attached hydrogens (primary N) is 2. The molecule has 0 aromatic heterocycles. The van der Waals surface area contributed by atoms with Crippen LogP contribution in [0.5, 0.6) is 0 Å². The van der Waals surface area contributed by atoms with E-state index in [0.717, 1.165) is 31.4 Å². The molecule has 0 heterocycles. The standard InChI is InChI=1S/C16H20F3N5/c17-16(18,19)12-6-8-13(9-7-12)23-15(21)24-14(20)22-10-11-4-2-1-3-5-11/h4,6-9H,1-3,5,10H2,(H5,20,21,22,23,24). The molecule has 1 aromatic carbocycles. The maximum atomic E-state index is 12.5. The van der Waals surface area contributed by atoms with Gasteiger partial charge in [0.1, 0.15) is 0 Å². The number of guanidine groups is 2. The maximum absolute atomic E-state index is 12.5. The quantitative estimate of drug-likeness (QED) is 0.449. The second kappa shape index (κ2) is 7.85. The van der Waals surface area contributed by atoms with Crippen molar-refractivity contribution in [1.82, 2.24) is 0 Å². The summed E-state index contributed by atoms with van der Waals surface area (Å²) in [6, 6.07) is 4.46. The second-order valence-electron chi connectivity index (χ2n) is 5.48. The first-order valence-corrected chi connectivity index (χ1v) is 7.61. The van der Waals surface area contributed by atoms with E-state index in [1.165, 1.54) is 24.1 Å². The van der Waals surface area contributed by atoms with Gasteiger partial charge in [0.2, 0.25) is 11.9 Å². The van der Waals surface area contributed by atoms with Crippen LogP contribution in [-0.4, -0.2) is 18.5 Å². The first kappa shape index (κ1) is 17.8. The van der Waals surface area contributed by atoms with Crippen molar-refractivity contribution < 1.29 is 13.2 Å². The largest absolute Gasteiger partial charge is 0.416 e. The number of benzene rings is 1. The minimum Gasteiger partial charge on any atom is -0.369 e. The number of aliphatic imine (C=N–C) groups is 2. The van der Waals surface area contributed by atoms with Crippen LogP contribution in [0.4, 0.5) is 18.9 Å². The van der Waals surface area contributed by atoms with Gasteiger partial charge in [0.05, 0.1) is 12.1 Å². The summed E-state index contributed by atoms with van der Waals surface area (Å²) < 4.78 is 37.5. The predicted molar refractivity (Wildman–Crippen MR) is 89.7 cm³/mol. The summed E-state index contributed by atoms with van der Waals surface area (Å²) in [4.78, 5) is 8.04. The fourth-order valence-electron chi connectivity index (χ4n) is 2.31. The summed E-state index contributed by atoms with van der Waals surface area (Å²) in [5.74, 6) is -0.00739. The molecular formula is C16H20F3N5. The Morgan fingerprint density at radius 3 is 2.42 bits per heavy atom. The van der Waals surface area contributed by atoms with Gasteiger partial charge in [-0.25, -0.2) is 4.99 Å². The number of halogens is 3. The van der Waals surface area contributed by atoms with Crippen LogP contribution < -0.4 is 16.8 Å². The zero-order chi connectivity index (χ0) is 17.6. The van der Waals surface area contributed by atoms with Gasteiger partial charge in [-0.3, -0.25) is 0 Å². The van der Waals surface area contributed by atoms with E-state index in [9.17, 15) is 13.2 Å². The van der Waals surface area contributed by atoms with Gasteiger partial charge >= 0.3 is 6.18 Å². The number of hydrogen-bond donors (Lipinski definition) is 3. The van der Waals surface area contributed by atoms with Crippen LogP contribution in [-0.2, 0) is 6.18 Å². The van der Waals surface area contributed by atoms with Crippen LogP contribution in [0.1, 0.15) is 31.2 Å². The summed E-state index contributed by atoms with van der Waals surface area (Å²) in [7, 11) is 0. The van der Waals surface area contributed by atoms with E-state index < -0.39 is 11.7 Å². The Bertz CT molecular complexity index is 645. The van der Waals surface area contributed by atoms with Gasteiger partial charge < -0.3 is 16.8 Å². The molecule has 0 unspecified atom stereocenters. The number of alkyl halides is 3. The molecule has 0 saturated carbocycles. The summed E-state index contributed by atoms with van der Waals surface area (Å²) >= 11 is 0. The number of allylic oxidation sites excluding steroid dienone is 1. The van der Waals surface area contributed by atoms with Crippen LogP contribution in [0, 0.1) is 0 Å². The molecule has 1 aromatic rings. The Kier molecular flexibility index (Phi) is 5.83. The third-order valence-electron chi connectivity index (χ3n) is 3.55. The van der Waals surface area contributed by atoms with Crippen molar-refractivity contribution >= 4 is 17.6 Å². The van der Waals surface area contributed by atoms with E-state index in [4.69, 9.17) is 11.5 Å². The average molecular weight is 339 g/mol. The minimum absolute atomic E-state index is 0.0263. The van der Waals surface area contributed by atoms with E-state index in [1.807, 2.05) is 0 Å². The van der Waals surface area contributed by atoms with Crippen LogP contribution in [0.2, 0.25) is 0 Å². The third-order valence-corrected chi connectivity index (χ3v) is 3.55. The van der Waals surface area contributed by atoms with Crippen LogP contribution >= 0.6 is 0 Å². The first-order chi connectivity index (χ1) is 11.3. The molecule has 0 aliphatic heterocycles. The molecular weight excluding hydrogens is 319 g/mol. The van der Waals surface area contributed by atoms with Gasteiger partial charge in [0.15, 0.2) is 0 Å². The molecule has 8 heteroatoms. The summed E-state index contributed by atoms with van der Waals surface area (Å²) in [5.41, 5.74) is 12.3. The number of nitrogens with one attached hydrogen (secondary N) is 1. The second-order valence-corrected chi connectivity index (χ2v) is 5.48. The van der Waals surface area contributed by atoms with Crippen molar-refractivity contribution in [3.05, 3.63) is 41.5 Å². The molecule has 0 atom stereocenters. The van der Waals surface area contributed by atoms with Crippen molar-refractivity contribution in [3.63, 3.8) is 0 Å². The lowest BCUT2D eigenvalue weighted by molar-refractivity contribution is -0.137. The molecule has 0 amide bonds. The summed E-state index contributed by atoms with van der Waals surface area (Å²) in [6.45, 7) is 0.489. The van der Waals surface area contributed by atoms with Crippen molar-refractivity contribution in [2.45, 2.75) is 31.9 Å². The zero-order valence-corrected chi connectivity index (χ0v) is 13.1. The molecule has 1 aliphatic carbocycles. The van der Waals surface area contributed by atoms with Gasteiger partial charge in [0.25, 0.3) is 0 Å². The highest BCUT2D eigenvalue weighted by Gasteiger charge is 2.29. The van der Waals surface area contributed by atoms with Gasteiger partial charge in [-0.1, -0.05) is 11.6 Å². The van der Waals surface area contributed by atoms with Gasteiger partial charge in [-0.2, -0.15) is 18.2 Å². The number of hydrogen-bond acceptors (Lipinski definition) is 1. The summed E-state index contributed by atoms with van der Waals surface area (Å²) in [6.07, 6.45) is 2.22. The highest BCUT2D eigenvalue weighted by atomic mass is 19.4.